The van der Waals surface area contributed by atoms with Crippen LogP contribution in [0.1, 0.15) is 36.8 Å². The number of pyridine rings is 1. The van der Waals surface area contributed by atoms with Gasteiger partial charge in [-0.3, -0.25) is 14.7 Å². The SMILES string of the molecule is CCc1nccc(CN2CCCN(C(=O)CCc3ccncc3)CC2)n1. The van der Waals surface area contributed by atoms with Crippen LogP contribution in [0.2, 0.25) is 0 Å². The quantitative estimate of drug-likeness (QED) is 0.796. The lowest BCUT2D eigenvalue weighted by Gasteiger charge is -2.22. The van der Waals surface area contributed by atoms with E-state index in [4.69, 9.17) is 0 Å². The first-order valence-corrected chi connectivity index (χ1v) is 9.44. The number of carbonyl (C=O) groups excluding carboxylic acids is 1. The highest BCUT2D eigenvalue weighted by Crippen LogP contribution is 2.10. The molecule has 6 heteroatoms. The van der Waals surface area contributed by atoms with Crippen LogP contribution in [0.5, 0.6) is 0 Å². The number of nitrogens with zero attached hydrogens (tertiary/aromatic N) is 5. The predicted octanol–water partition coefficient (Wildman–Crippen LogP) is 2.10. The van der Waals surface area contributed by atoms with E-state index in [-0.39, 0.29) is 5.91 Å². The fourth-order valence-electron chi connectivity index (χ4n) is 3.27. The molecule has 138 valence electrons. The molecular weight excluding hydrogens is 326 g/mol. The molecular formula is C20H27N5O. The molecule has 0 bridgehead atoms. The molecule has 26 heavy (non-hydrogen) atoms. The third kappa shape index (κ3) is 5.33. The highest BCUT2D eigenvalue weighted by molar-refractivity contribution is 5.76. The van der Waals surface area contributed by atoms with E-state index in [1.54, 1.807) is 12.4 Å². The Bertz CT molecular complexity index is 706. The van der Waals surface area contributed by atoms with Gasteiger partial charge in [-0.15, -0.1) is 0 Å². The van der Waals surface area contributed by atoms with Crippen molar-refractivity contribution < 1.29 is 4.79 Å². The molecule has 6 nitrogen and oxygen atoms in total. The van der Waals surface area contributed by atoms with Crippen molar-refractivity contribution >= 4 is 5.91 Å². The average molecular weight is 353 g/mol. The largest absolute Gasteiger partial charge is 0.341 e. The molecule has 1 fully saturated rings. The van der Waals surface area contributed by atoms with E-state index in [0.29, 0.717) is 6.42 Å². The summed E-state index contributed by atoms with van der Waals surface area (Å²) in [4.78, 5) is 29.8. The summed E-state index contributed by atoms with van der Waals surface area (Å²) in [6.07, 6.45) is 8.60. The summed E-state index contributed by atoms with van der Waals surface area (Å²) >= 11 is 0. The van der Waals surface area contributed by atoms with Crippen LogP contribution in [-0.4, -0.2) is 56.8 Å². The number of carbonyl (C=O) groups is 1. The van der Waals surface area contributed by atoms with E-state index in [1.807, 2.05) is 29.3 Å². The van der Waals surface area contributed by atoms with Crippen LogP contribution < -0.4 is 0 Å². The molecule has 1 aliphatic rings. The van der Waals surface area contributed by atoms with Crippen molar-refractivity contribution in [1.82, 2.24) is 24.8 Å². The first-order valence-electron chi connectivity index (χ1n) is 9.44. The van der Waals surface area contributed by atoms with Gasteiger partial charge in [-0.05, 0) is 36.6 Å². The molecule has 2 aromatic rings. The van der Waals surface area contributed by atoms with Gasteiger partial charge in [0.15, 0.2) is 0 Å². The molecule has 0 N–H and O–H groups in total. The Balaban J connectivity index is 1.48. The van der Waals surface area contributed by atoms with E-state index in [9.17, 15) is 4.79 Å². The van der Waals surface area contributed by atoms with Gasteiger partial charge in [-0.2, -0.15) is 0 Å². The number of aryl methyl sites for hydroxylation is 2. The lowest BCUT2D eigenvalue weighted by atomic mass is 10.1. The van der Waals surface area contributed by atoms with E-state index in [2.05, 4.69) is 26.8 Å². The zero-order valence-corrected chi connectivity index (χ0v) is 15.5. The molecule has 1 aliphatic heterocycles. The van der Waals surface area contributed by atoms with E-state index < -0.39 is 0 Å². The third-order valence-electron chi connectivity index (χ3n) is 4.78. The van der Waals surface area contributed by atoms with Crippen molar-refractivity contribution in [1.29, 1.82) is 0 Å². The van der Waals surface area contributed by atoms with Crippen LogP contribution in [0.15, 0.2) is 36.8 Å². The number of amides is 1. The molecule has 1 saturated heterocycles. The number of hydrogen-bond donors (Lipinski definition) is 0. The summed E-state index contributed by atoms with van der Waals surface area (Å²) in [5, 5.41) is 0. The highest BCUT2D eigenvalue weighted by Gasteiger charge is 2.19. The van der Waals surface area contributed by atoms with Crippen LogP contribution in [-0.2, 0) is 24.2 Å². The fraction of sp³-hybridized carbons (Fsp3) is 0.500. The number of aromatic nitrogens is 3. The van der Waals surface area contributed by atoms with Gasteiger partial charge in [-0.1, -0.05) is 6.92 Å². The molecule has 0 radical (unpaired) electrons. The van der Waals surface area contributed by atoms with Crippen molar-refractivity contribution in [2.75, 3.05) is 26.2 Å². The molecule has 0 aliphatic carbocycles. The second-order valence-electron chi connectivity index (χ2n) is 6.68. The Kier molecular flexibility index (Phi) is 6.66. The lowest BCUT2D eigenvalue weighted by Crippen LogP contribution is -2.35. The normalized spacial score (nSPS) is 15.7. The molecule has 0 unspecified atom stereocenters. The van der Waals surface area contributed by atoms with Crippen LogP contribution in [0.3, 0.4) is 0 Å². The zero-order valence-electron chi connectivity index (χ0n) is 15.5. The van der Waals surface area contributed by atoms with Gasteiger partial charge >= 0.3 is 0 Å². The second kappa shape index (κ2) is 9.38. The van der Waals surface area contributed by atoms with Crippen LogP contribution in [0.4, 0.5) is 0 Å². The first kappa shape index (κ1) is 18.5. The Morgan fingerprint density at radius 1 is 1.08 bits per heavy atom. The minimum Gasteiger partial charge on any atom is -0.341 e. The van der Waals surface area contributed by atoms with E-state index in [1.165, 1.54) is 5.56 Å². The Morgan fingerprint density at radius 2 is 1.92 bits per heavy atom. The standard InChI is InChI=1S/C20H27N5O/c1-2-19-22-11-8-18(23-19)16-24-12-3-13-25(15-14-24)20(26)5-4-17-6-9-21-10-7-17/h6-11H,2-5,12-16H2,1H3. The summed E-state index contributed by atoms with van der Waals surface area (Å²) < 4.78 is 0. The van der Waals surface area contributed by atoms with Gasteiger partial charge < -0.3 is 4.90 Å². The highest BCUT2D eigenvalue weighted by atomic mass is 16.2. The molecule has 0 spiro atoms. The van der Waals surface area contributed by atoms with Gasteiger partial charge in [-0.25, -0.2) is 9.97 Å². The van der Waals surface area contributed by atoms with Crippen LogP contribution >= 0.6 is 0 Å². The van der Waals surface area contributed by atoms with Gasteiger partial charge in [0.05, 0.1) is 5.69 Å². The molecule has 0 aromatic carbocycles. The van der Waals surface area contributed by atoms with Gasteiger partial charge in [0.2, 0.25) is 5.91 Å². The van der Waals surface area contributed by atoms with E-state index >= 15 is 0 Å². The zero-order chi connectivity index (χ0) is 18.2. The molecule has 3 heterocycles. The summed E-state index contributed by atoms with van der Waals surface area (Å²) in [6.45, 7) is 6.43. The van der Waals surface area contributed by atoms with Gasteiger partial charge in [0.1, 0.15) is 5.82 Å². The monoisotopic (exact) mass is 353 g/mol. The average Bonchev–Trinajstić information content (AvgIpc) is 2.93. The maximum Gasteiger partial charge on any atom is 0.222 e. The maximum absolute atomic E-state index is 12.5. The molecule has 0 atom stereocenters. The Hall–Kier alpha value is -2.34. The summed E-state index contributed by atoms with van der Waals surface area (Å²) in [5.74, 6) is 1.14. The first-order chi connectivity index (χ1) is 12.7. The third-order valence-corrected chi connectivity index (χ3v) is 4.78. The molecule has 2 aromatic heterocycles. The van der Waals surface area contributed by atoms with Crippen molar-refractivity contribution in [3.63, 3.8) is 0 Å². The summed E-state index contributed by atoms with van der Waals surface area (Å²) in [5.41, 5.74) is 2.23. The lowest BCUT2D eigenvalue weighted by molar-refractivity contribution is -0.131. The number of hydrogen-bond acceptors (Lipinski definition) is 5. The summed E-state index contributed by atoms with van der Waals surface area (Å²) in [6, 6.07) is 5.94. The maximum atomic E-state index is 12.5. The fourth-order valence-corrected chi connectivity index (χ4v) is 3.27. The molecule has 1 amide bonds. The second-order valence-corrected chi connectivity index (χ2v) is 6.68. The van der Waals surface area contributed by atoms with Gasteiger partial charge in [0, 0.05) is 64.2 Å². The van der Waals surface area contributed by atoms with Crippen molar-refractivity contribution in [3.05, 3.63) is 53.9 Å². The Morgan fingerprint density at radius 3 is 2.73 bits per heavy atom. The smallest absolute Gasteiger partial charge is 0.222 e. The van der Waals surface area contributed by atoms with Crippen molar-refractivity contribution in [2.45, 2.75) is 39.2 Å². The van der Waals surface area contributed by atoms with Gasteiger partial charge in [0.25, 0.3) is 0 Å². The predicted molar refractivity (Wildman–Crippen MR) is 100 cm³/mol. The van der Waals surface area contributed by atoms with Crippen molar-refractivity contribution in [3.8, 4) is 0 Å². The minimum absolute atomic E-state index is 0.249. The molecule has 0 saturated carbocycles. The number of rotatable bonds is 6. The Labute approximate surface area is 155 Å². The van der Waals surface area contributed by atoms with Crippen molar-refractivity contribution in [2.24, 2.45) is 0 Å². The van der Waals surface area contributed by atoms with Crippen LogP contribution in [0, 0.1) is 0 Å². The van der Waals surface area contributed by atoms with E-state index in [0.717, 1.165) is 63.5 Å². The van der Waals surface area contributed by atoms with Crippen LogP contribution in [0.25, 0.3) is 0 Å². The minimum atomic E-state index is 0.249. The molecule has 3 rings (SSSR count). The topological polar surface area (TPSA) is 62.2 Å². The summed E-state index contributed by atoms with van der Waals surface area (Å²) in [7, 11) is 0.